The average Bonchev–Trinajstić information content (AvgIpc) is 3.40. The monoisotopic (exact) mass is 537 g/mol. The van der Waals surface area contributed by atoms with Crippen LogP contribution in [0, 0.1) is 11.8 Å². The maximum atomic E-state index is 13.2. The van der Waals surface area contributed by atoms with Gasteiger partial charge in [-0.3, -0.25) is 9.59 Å². The second-order valence-corrected chi connectivity index (χ2v) is 11.0. The second kappa shape index (κ2) is 14.8. The number of aromatic nitrogens is 1. The molecular formula is C30H39N3O4S. The van der Waals surface area contributed by atoms with Crippen molar-refractivity contribution in [3.8, 4) is 0 Å². The first-order valence-electron chi connectivity index (χ1n) is 13.1. The molecule has 0 saturated carbocycles. The third-order valence-corrected chi connectivity index (χ3v) is 7.62. The van der Waals surface area contributed by atoms with E-state index < -0.39 is 11.9 Å². The minimum Gasteiger partial charge on any atom is -0.481 e. The SMILES string of the molecule is CNC(CC(OCc1ccccc1)c1nc(C(=O)NC(Cc2ccccc2)CC(C)C(=O)O)cs1)C(C)C. The van der Waals surface area contributed by atoms with Crippen LogP contribution < -0.4 is 10.6 Å². The molecule has 7 nitrogen and oxygen atoms in total. The van der Waals surface area contributed by atoms with Crippen molar-refractivity contribution in [1.82, 2.24) is 15.6 Å². The highest BCUT2D eigenvalue weighted by molar-refractivity contribution is 7.09. The van der Waals surface area contributed by atoms with Crippen LogP contribution in [0.2, 0.25) is 0 Å². The van der Waals surface area contributed by atoms with Gasteiger partial charge >= 0.3 is 5.97 Å². The van der Waals surface area contributed by atoms with Crippen LogP contribution in [0.4, 0.5) is 0 Å². The number of nitrogens with one attached hydrogen (secondary N) is 2. The highest BCUT2D eigenvalue weighted by Gasteiger charge is 2.26. The van der Waals surface area contributed by atoms with Crippen LogP contribution in [-0.2, 0) is 22.6 Å². The van der Waals surface area contributed by atoms with Crippen LogP contribution >= 0.6 is 11.3 Å². The van der Waals surface area contributed by atoms with E-state index >= 15 is 0 Å². The Bertz CT molecular complexity index is 1140. The van der Waals surface area contributed by atoms with Crippen LogP contribution in [0.3, 0.4) is 0 Å². The summed E-state index contributed by atoms with van der Waals surface area (Å²) in [7, 11) is 1.95. The number of hydrogen-bond donors (Lipinski definition) is 3. The summed E-state index contributed by atoms with van der Waals surface area (Å²) in [6.07, 6.45) is 1.33. The Hall–Kier alpha value is -3.07. The van der Waals surface area contributed by atoms with Crippen molar-refractivity contribution in [2.45, 2.75) is 64.8 Å². The first-order valence-corrected chi connectivity index (χ1v) is 14.0. The van der Waals surface area contributed by atoms with Gasteiger partial charge in [0.15, 0.2) is 0 Å². The van der Waals surface area contributed by atoms with E-state index in [2.05, 4.69) is 29.5 Å². The van der Waals surface area contributed by atoms with Gasteiger partial charge in [0.2, 0.25) is 0 Å². The molecule has 0 aliphatic carbocycles. The Labute approximate surface area is 229 Å². The van der Waals surface area contributed by atoms with E-state index in [0.29, 0.717) is 31.1 Å². The standard InChI is InChI=1S/C30H39N3O4S/c1-20(2)25(31-4)17-27(37-18-23-13-9-6-10-14-23)29-33-26(19-38-29)28(34)32-24(15-21(3)30(35)36)16-22-11-7-5-8-12-22/h5-14,19-21,24-25,27,31H,15-18H2,1-4H3,(H,32,34)(H,35,36). The number of carboxylic acid groups (broad SMARTS) is 1. The maximum absolute atomic E-state index is 13.2. The summed E-state index contributed by atoms with van der Waals surface area (Å²) in [5, 5.41) is 18.4. The first-order chi connectivity index (χ1) is 18.3. The van der Waals surface area contributed by atoms with Crippen LogP contribution in [0.5, 0.6) is 0 Å². The molecule has 3 aromatic rings. The van der Waals surface area contributed by atoms with Gasteiger partial charge in [0, 0.05) is 17.5 Å². The van der Waals surface area contributed by atoms with Gasteiger partial charge in [0.05, 0.1) is 12.5 Å². The van der Waals surface area contributed by atoms with Crippen LogP contribution in [0.1, 0.15) is 66.3 Å². The van der Waals surface area contributed by atoms with Gasteiger partial charge in [-0.2, -0.15) is 0 Å². The lowest BCUT2D eigenvalue weighted by Gasteiger charge is -2.25. The zero-order valence-electron chi connectivity index (χ0n) is 22.6. The minimum absolute atomic E-state index is 0.227. The van der Waals surface area contributed by atoms with Gasteiger partial charge in [-0.15, -0.1) is 11.3 Å². The molecule has 1 aromatic heterocycles. The van der Waals surface area contributed by atoms with Crippen molar-refractivity contribution in [2.24, 2.45) is 11.8 Å². The molecule has 0 bridgehead atoms. The average molecular weight is 538 g/mol. The normalized spacial score (nSPS) is 14.6. The molecule has 204 valence electrons. The fourth-order valence-corrected chi connectivity index (χ4v) is 5.24. The van der Waals surface area contributed by atoms with Crippen molar-refractivity contribution in [3.05, 3.63) is 87.9 Å². The number of nitrogens with zero attached hydrogens (tertiary/aromatic N) is 1. The van der Waals surface area contributed by atoms with Crippen molar-refractivity contribution >= 4 is 23.2 Å². The number of amides is 1. The third kappa shape index (κ3) is 9.04. The highest BCUT2D eigenvalue weighted by atomic mass is 32.1. The molecular weight excluding hydrogens is 498 g/mol. The zero-order valence-corrected chi connectivity index (χ0v) is 23.4. The Morgan fingerprint density at radius 2 is 1.61 bits per heavy atom. The summed E-state index contributed by atoms with van der Waals surface area (Å²) >= 11 is 1.42. The van der Waals surface area contributed by atoms with Crippen molar-refractivity contribution < 1.29 is 19.4 Å². The van der Waals surface area contributed by atoms with E-state index in [1.807, 2.05) is 67.7 Å². The summed E-state index contributed by atoms with van der Waals surface area (Å²) in [5.41, 5.74) is 2.44. The molecule has 0 fully saturated rings. The van der Waals surface area contributed by atoms with E-state index in [1.54, 1.807) is 12.3 Å². The fraction of sp³-hybridized carbons (Fsp3) is 0.433. The zero-order chi connectivity index (χ0) is 27.5. The first kappa shape index (κ1) is 29.5. The van der Waals surface area contributed by atoms with Crippen molar-refractivity contribution in [3.63, 3.8) is 0 Å². The Kier molecular flexibility index (Phi) is 11.5. The van der Waals surface area contributed by atoms with E-state index in [1.165, 1.54) is 11.3 Å². The number of benzene rings is 2. The maximum Gasteiger partial charge on any atom is 0.306 e. The fourth-order valence-electron chi connectivity index (χ4n) is 4.38. The summed E-state index contributed by atoms with van der Waals surface area (Å²) in [4.78, 5) is 29.4. The molecule has 0 spiro atoms. The molecule has 0 aliphatic rings. The molecule has 1 heterocycles. The summed E-state index contributed by atoms with van der Waals surface area (Å²) in [6.45, 7) is 6.45. The third-order valence-electron chi connectivity index (χ3n) is 6.69. The quantitative estimate of drug-likeness (QED) is 0.237. The summed E-state index contributed by atoms with van der Waals surface area (Å²) in [5.74, 6) is -1.36. The Morgan fingerprint density at radius 1 is 0.974 bits per heavy atom. The topological polar surface area (TPSA) is 101 Å². The predicted molar refractivity (Wildman–Crippen MR) is 151 cm³/mol. The molecule has 2 aromatic carbocycles. The lowest BCUT2D eigenvalue weighted by atomic mass is 9.96. The molecule has 4 unspecified atom stereocenters. The number of hydrogen-bond acceptors (Lipinski definition) is 6. The van der Waals surface area contributed by atoms with E-state index in [4.69, 9.17) is 4.74 Å². The van der Waals surface area contributed by atoms with Crippen LogP contribution in [-0.4, -0.2) is 41.1 Å². The molecule has 0 radical (unpaired) electrons. The number of carbonyl (C=O) groups excluding carboxylic acids is 1. The van der Waals surface area contributed by atoms with Crippen LogP contribution in [0.25, 0.3) is 0 Å². The molecule has 38 heavy (non-hydrogen) atoms. The van der Waals surface area contributed by atoms with E-state index in [0.717, 1.165) is 22.6 Å². The van der Waals surface area contributed by atoms with Gasteiger partial charge in [-0.25, -0.2) is 4.98 Å². The molecule has 1 amide bonds. The molecule has 0 saturated heterocycles. The number of aliphatic carboxylic acids is 1. The van der Waals surface area contributed by atoms with Crippen molar-refractivity contribution in [1.29, 1.82) is 0 Å². The van der Waals surface area contributed by atoms with E-state index in [-0.39, 0.29) is 24.1 Å². The minimum atomic E-state index is -0.879. The van der Waals surface area contributed by atoms with Crippen molar-refractivity contribution in [2.75, 3.05) is 7.05 Å². The lowest BCUT2D eigenvalue weighted by molar-refractivity contribution is -0.141. The number of carboxylic acids is 1. The molecule has 0 aliphatic heterocycles. The summed E-state index contributed by atoms with van der Waals surface area (Å²) in [6, 6.07) is 19.7. The molecule has 8 heteroatoms. The Morgan fingerprint density at radius 3 is 2.18 bits per heavy atom. The molecule has 3 N–H and O–H groups in total. The smallest absolute Gasteiger partial charge is 0.306 e. The highest BCUT2D eigenvalue weighted by Crippen LogP contribution is 2.29. The number of rotatable bonds is 15. The lowest BCUT2D eigenvalue weighted by Crippen LogP contribution is -2.38. The van der Waals surface area contributed by atoms with Gasteiger partial charge in [0.1, 0.15) is 16.8 Å². The summed E-state index contributed by atoms with van der Waals surface area (Å²) < 4.78 is 6.34. The van der Waals surface area contributed by atoms with Crippen LogP contribution in [0.15, 0.2) is 66.0 Å². The van der Waals surface area contributed by atoms with Gasteiger partial charge in [-0.1, -0.05) is 81.4 Å². The number of thiazole rings is 1. The van der Waals surface area contributed by atoms with E-state index in [9.17, 15) is 14.7 Å². The molecule has 4 atom stereocenters. The number of ether oxygens (including phenoxy) is 1. The number of carbonyl (C=O) groups is 2. The second-order valence-electron chi connectivity index (χ2n) is 10.1. The largest absolute Gasteiger partial charge is 0.481 e. The van der Waals surface area contributed by atoms with Gasteiger partial charge in [-0.05, 0) is 43.4 Å². The molecule has 3 rings (SSSR count). The Balaban J connectivity index is 1.75. The van der Waals surface area contributed by atoms with Gasteiger partial charge < -0.3 is 20.5 Å². The van der Waals surface area contributed by atoms with Gasteiger partial charge in [0.25, 0.3) is 5.91 Å². The predicted octanol–water partition coefficient (Wildman–Crippen LogP) is 5.49.